The minimum atomic E-state index is -0.326. The van der Waals surface area contributed by atoms with Crippen LogP contribution in [-0.2, 0) is 16.5 Å². The molecule has 1 heterocycles. The van der Waals surface area contributed by atoms with Gasteiger partial charge in [0.05, 0.1) is 0 Å². The van der Waals surface area contributed by atoms with Crippen molar-refractivity contribution in [2.45, 2.75) is 20.1 Å². The average molecular weight is 385 g/mol. The summed E-state index contributed by atoms with van der Waals surface area (Å²) in [4.78, 5) is 0. The Bertz CT molecular complexity index is 880. The summed E-state index contributed by atoms with van der Waals surface area (Å²) in [5.41, 5.74) is 2.38. The standard InChI is InChI=1S/C22H26NO3S/c1-4-24-22(25-5-2)16-26-18-13-10-17(11-14-18)12-15-21-23(3)19-8-6-7-9-20(19)27-21/h6-15,22H,4-5,16H2,1-3H3/q+1. The minimum Gasteiger partial charge on any atom is -0.488 e. The molecule has 0 aliphatic heterocycles. The zero-order chi connectivity index (χ0) is 19.1. The molecular weight excluding hydrogens is 358 g/mol. The molecule has 1 aromatic heterocycles. The number of thiazole rings is 1. The van der Waals surface area contributed by atoms with Gasteiger partial charge in [0.1, 0.15) is 24.1 Å². The lowest BCUT2D eigenvalue weighted by molar-refractivity contribution is -0.642. The molecule has 0 aliphatic rings. The van der Waals surface area contributed by atoms with E-state index in [9.17, 15) is 0 Å². The average Bonchev–Trinajstić information content (AvgIpc) is 3.02. The van der Waals surface area contributed by atoms with Crippen LogP contribution in [0.4, 0.5) is 0 Å². The first-order valence-corrected chi connectivity index (χ1v) is 10.0. The van der Waals surface area contributed by atoms with E-state index >= 15 is 0 Å². The molecule has 3 rings (SSSR count). The van der Waals surface area contributed by atoms with Crippen LogP contribution in [0.25, 0.3) is 22.4 Å². The van der Waals surface area contributed by atoms with E-state index in [2.05, 4.69) is 60.2 Å². The number of para-hydroxylation sites is 1. The molecule has 0 atom stereocenters. The summed E-state index contributed by atoms with van der Waals surface area (Å²) in [6, 6.07) is 16.5. The van der Waals surface area contributed by atoms with Crippen LogP contribution in [0.15, 0.2) is 48.5 Å². The number of aromatic nitrogens is 1. The molecule has 142 valence electrons. The van der Waals surface area contributed by atoms with Gasteiger partial charge in [-0.3, -0.25) is 0 Å². The van der Waals surface area contributed by atoms with Gasteiger partial charge in [0.25, 0.3) is 5.01 Å². The second-order valence-electron chi connectivity index (χ2n) is 6.02. The van der Waals surface area contributed by atoms with Crippen molar-refractivity contribution < 1.29 is 18.8 Å². The molecule has 0 bridgehead atoms. The summed E-state index contributed by atoms with van der Waals surface area (Å²) in [6.45, 7) is 5.49. The predicted octanol–water partition coefficient (Wildman–Crippen LogP) is 4.67. The van der Waals surface area contributed by atoms with Crippen LogP contribution < -0.4 is 9.30 Å². The Morgan fingerprint density at radius 2 is 1.67 bits per heavy atom. The predicted molar refractivity (Wildman–Crippen MR) is 111 cm³/mol. The highest BCUT2D eigenvalue weighted by molar-refractivity contribution is 7.18. The first-order chi connectivity index (χ1) is 13.2. The van der Waals surface area contributed by atoms with Crippen molar-refractivity contribution in [3.05, 3.63) is 59.1 Å². The number of hydrogen-bond donors (Lipinski definition) is 0. The van der Waals surface area contributed by atoms with Gasteiger partial charge in [0.2, 0.25) is 5.52 Å². The number of rotatable bonds is 9. The lowest BCUT2D eigenvalue weighted by Crippen LogP contribution is -2.28. The first kappa shape index (κ1) is 19.5. The first-order valence-electron chi connectivity index (χ1n) is 9.23. The number of ether oxygens (including phenoxy) is 3. The van der Waals surface area contributed by atoms with E-state index in [1.807, 2.05) is 26.0 Å². The van der Waals surface area contributed by atoms with Gasteiger partial charge < -0.3 is 14.2 Å². The normalized spacial score (nSPS) is 11.7. The molecule has 0 radical (unpaired) electrons. The van der Waals surface area contributed by atoms with Crippen molar-refractivity contribution in [2.24, 2.45) is 7.05 Å². The molecule has 3 aromatic rings. The van der Waals surface area contributed by atoms with E-state index < -0.39 is 0 Å². The molecule has 0 saturated heterocycles. The monoisotopic (exact) mass is 384 g/mol. The Balaban J connectivity index is 1.63. The van der Waals surface area contributed by atoms with Gasteiger partial charge in [-0.15, -0.1) is 0 Å². The van der Waals surface area contributed by atoms with Gasteiger partial charge in [-0.05, 0) is 43.7 Å². The summed E-state index contributed by atoms with van der Waals surface area (Å²) < 4.78 is 20.3. The highest BCUT2D eigenvalue weighted by Gasteiger charge is 2.13. The number of nitrogens with zero attached hydrogens (tertiary/aromatic N) is 1. The lowest BCUT2D eigenvalue weighted by Gasteiger charge is -2.17. The van der Waals surface area contributed by atoms with Crippen molar-refractivity contribution in [3.8, 4) is 5.75 Å². The van der Waals surface area contributed by atoms with Gasteiger partial charge >= 0.3 is 0 Å². The maximum Gasteiger partial charge on any atom is 0.262 e. The molecule has 0 spiro atoms. The van der Waals surface area contributed by atoms with Crippen molar-refractivity contribution in [2.75, 3.05) is 19.8 Å². The summed E-state index contributed by atoms with van der Waals surface area (Å²) >= 11 is 1.79. The molecule has 0 unspecified atom stereocenters. The van der Waals surface area contributed by atoms with Crippen LogP contribution in [0.3, 0.4) is 0 Å². The zero-order valence-corrected chi connectivity index (χ0v) is 16.9. The van der Waals surface area contributed by atoms with Crippen LogP contribution >= 0.6 is 11.3 Å². The van der Waals surface area contributed by atoms with Crippen LogP contribution in [0.1, 0.15) is 24.4 Å². The van der Waals surface area contributed by atoms with Crippen molar-refractivity contribution in [3.63, 3.8) is 0 Å². The van der Waals surface area contributed by atoms with E-state index in [-0.39, 0.29) is 6.29 Å². The van der Waals surface area contributed by atoms with Crippen LogP contribution in [0.2, 0.25) is 0 Å². The third kappa shape index (κ3) is 5.16. The molecule has 4 nitrogen and oxygen atoms in total. The third-order valence-corrected chi connectivity index (χ3v) is 5.35. The molecule has 0 fully saturated rings. The largest absolute Gasteiger partial charge is 0.488 e. The Hall–Kier alpha value is -2.21. The fourth-order valence-electron chi connectivity index (χ4n) is 2.79. The van der Waals surface area contributed by atoms with Crippen LogP contribution in [0.5, 0.6) is 5.75 Å². The second kappa shape index (κ2) is 9.65. The zero-order valence-electron chi connectivity index (χ0n) is 16.1. The van der Waals surface area contributed by atoms with E-state index in [4.69, 9.17) is 14.2 Å². The number of aryl methyl sites for hydroxylation is 1. The van der Waals surface area contributed by atoms with Gasteiger partial charge in [-0.2, -0.15) is 4.57 Å². The van der Waals surface area contributed by atoms with Gasteiger partial charge in [0, 0.05) is 25.4 Å². The topological polar surface area (TPSA) is 31.6 Å². The molecule has 27 heavy (non-hydrogen) atoms. The van der Waals surface area contributed by atoms with E-state index in [1.165, 1.54) is 15.2 Å². The molecule has 2 aromatic carbocycles. The fourth-order valence-corrected chi connectivity index (χ4v) is 3.84. The van der Waals surface area contributed by atoms with E-state index in [0.717, 1.165) is 11.3 Å². The van der Waals surface area contributed by atoms with Gasteiger partial charge in [-0.1, -0.05) is 35.6 Å². The third-order valence-electron chi connectivity index (χ3n) is 4.16. The quantitative estimate of drug-likeness (QED) is 0.397. The highest BCUT2D eigenvalue weighted by atomic mass is 32.1. The van der Waals surface area contributed by atoms with Crippen LogP contribution in [0, 0.1) is 0 Å². The smallest absolute Gasteiger partial charge is 0.262 e. The molecule has 5 heteroatoms. The SMILES string of the molecule is CCOC(COc1ccc(C=Cc2sc3ccccc3[n+]2C)cc1)OCC. The summed E-state index contributed by atoms with van der Waals surface area (Å²) in [5, 5.41) is 1.22. The maximum atomic E-state index is 5.77. The van der Waals surface area contributed by atoms with E-state index in [0.29, 0.717) is 19.8 Å². The summed E-state index contributed by atoms with van der Waals surface area (Å²) in [7, 11) is 2.10. The molecule has 0 aliphatic carbocycles. The molecule has 0 N–H and O–H groups in total. The Labute approximate surface area is 164 Å². The maximum absolute atomic E-state index is 5.77. The lowest BCUT2D eigenvalue weighted by atomic mass is 10.2. The second-order valence-corrected chi connectivity index (χ2v) is 7.08. The number of hydrogen-bond acceptors (Lipinski definition) is 4. The van der Waals surface area contributed by atoms with Crippen LogP contribution in [-0.4, -0.2) is 26.1 Å². The Morgan fingerprint density at radius 3 is 2.33 bits per heavy atom. The number of benzene rings is 2. The Morgan fingerprint density at radius 1 is 0.963 bits per heavy atom. The highest BCUT2D eigenvalue weighted by Crippen LogP contribution is 2.21. The molecule has 0 amide bonds. The Kier molecular flexibility index (Phi) is 6.98. The molecule has 0 saturated carbocycles. The van der Waals surface area contributed by atoms with Gasteiger partial charge in [0.15, 0.2) is 6.29 Å². The van der Waals surface area contributed by atoms with E-state index in [1.54, 1.807) is 11.3 Å². The summed E-state index contributed by atoms with van der Waals surface area (Å²) in [6.07, 6.45) is 3.95. The van der Waals surface area contributed by atoms with Crippen molar-refractivity contribution >= 4 is 33.7 Å². The minimum absolute atomic E-state index is 0.326. The van der Waals surface area contributed by atoms with Crippen molar-refractivity contribution in [1.82, 2.24) is 0 Å². The fraction of sp³-hybridized carbons (Fsp3) is 0.318. The summed E-state index contributed by atoms with van der Waals surface area (Å²) in [5.74, 6) is 0.809. The van der Waals surface area contributed by atoms with Crippen molar-refractivity contribution in [1.29, 1.82) is 0 Å². The number of fused-ring (bicyclic) bond motifs is 1. The van der Waals surface area contributed by atoms with Gasteiger partial charge in [-0.25, -0.2) is 0 Å². The molecular formula is C22H26NO3S+.